The van der Waals surface area contributed by atoms with Crippen LogP contribution in [0.15, 0.2) is 0 Å². The Morgan fingerprint density at radius 1 is 0.400 bits per heavy atom. The molecule has 0 bridgehead atoms. The van der Waals surface area contributed by atoms with Gasteiger partial charge in [-0.2, -0.15) is 0 Å². The topological polar surface area (TPSA) is 224 Å². The fourth-order valence-electron chi connectivity index (χ4n) is 0. The van der Waals surface area contributed by atoms with Gasteiger partial charge in [0.1, 0.15) is 0 Å². The molecule has 0 aliphatic carbocycles. The van der Waals surface area contributed by atoms with Crippen molar-refractivity contribution in [1.29, 1.82) is 0 Å². The van der Waals surface area contributed by atoms with Gasteiger partial charge < -0.3 is 63.8 Å². The molecule has 72 valence electrons. The van der Waals surface area contributed by atoms with Gasteiger partial charge >= 0.3 is 23.1 Å². The number of hydrogen-bond acceptors (Lipinski definition) is 1. The summed E-state index contributed by atoms with van der Waals surface area (Å²) in [6.45, 7) is 0. The molecule has 0 aliphatic heterocycles. The SMILES string of the molecule is N.O.O.O.O.O.O.[Cl-].[Cl-].[Mg+2]. The molecule has 7 nitrogen and oxygen atoms in total. The van der Waals surface area contributed by atoms with Gasteiger partial charge in [0.2, 0.25) is 0 Å². The van der Waals surface area contributed by atoms with Gasteiger partial charge in [0, 0.05) is 0 Å². The quantitative estimate of drug-likeness (QED) is 0.385. The summed E-state index contributed by atoms with van der Waals surface area (Å²) in [7, 11) is 0. The van der Waals surface area contributed by atoms with Gasteiger partial charge in [-0.05, 0) is 0 Å². The average molecular weight is 220 g/mol. The van der Waals surface area contributed by atoms with Crippen molar-refractivity contribution in [3.05, 3.63) is 0 Å². The molecule has 0 spiro atoms. The predicted molar refractivity (Wildman–Crippen MR) is 32.5 cm³/mol. The van der Waals surface area contributed by atoms with Gasteiger partial charge in [0.25, 0.3) is 0 Å². The van der Waals surface area contributed by atoms with Crippen molar-refractivity contribution in [3.63, 3.8) is 0 Å². The molecule has 0 atom stereocenters. The monoisotopic (exact) mass is 219 g/mol. The van der Waals surface area contributed by atoms with E-state index in [1.807, 2.05) is 0 Å². The first-order chi connectivity index (χ1) is 0. The van der Waals surface area contributed by atoms with Gasteiger partial charge in [-0.1, -0.05) is 0 Å². The van der Waals surface area contributed by atoms with E-state index in [1.165, 1.54) is 0 Å². The van der Waals surface area contributed by atoms with Crippen molar-refractivity contribution in [2.24, 2.45) is 0 Å². The zero-order valence-corrected chi connectivity index (χ0v) is 8.10. The normalized spacial score (nSPS) is 0. The fraction of sp³-hybridized carbons (Fsp3) is 0. The average Bonchev–Trinajstić information content (AvgIpc) is 0. The van der Waals surface area contributed by atoms with E-state index in [0.29, 0.717) is 0 Å². The van der Waals surface area contributed by atoms with E-state index in [2.05, 4.69) is 0 Å². The molecule has 0 aromatic rings. The maximum Gasteiger partial charge on any atom is 2.00 e. The van der Waals surface area contributed by atoms with E-state index in [4.69, 9.17) is 0 Å². The van der Waals surface area contributed by atoms with Crippen molar-refractivity contribution in [3.8, 4) is 0 Å². The third-order valence-corrected chi connectivity index (χ3v) is 0. The molecule has 0 radical (unpaired) electrons. The molecular formula is H15Cl2MgNO6. The van der Waals surface area contributed by atoms with Gasteiger partial charge in [0.05, 0.1) is 0 Å². The summed E-state index contributed by atoms with van der Waals surface area (Å²) in [6, 6.07) is 0. The second-order valence-corrected chi connectivity index (χ2v) is 0. The Balaban J connectivity index is 0. The Morgan fingerprint density at radius 2 is 0.400 bits per heavy atom. The molecule has 10 heavy (non-hydrogen) atoms. The minimum absolute atomic E-state index is 0. The minimum atomic E-state index is 0. The molecule has 0 aromatic carbocycles. The van der Waals surface area contributed by atoms with E-state index in [1.54, 1.807) is 0 Å². The summed E-state index contributed by atoms with van der Waals surface area (Å²) in [5.41, 5.74) is 0. The van der Waals surface area contributed by atoms with E-state index < -0.39 is 0 Å². The van der Waals surface area contributed by atoms with Crippen molar-refractivity contribution in [2.45, 2.75) is 0 Å². The molecule has 0 amide bonds. The van der Waals surface area contributed by atoms with Crippen LogP contribution in [0.4, 0.5) is 0 Å². The molecule has 0 fully saturated rings. The van der Waals surface area contributed by atoms with Crippen molar-refractivity contribution >= 4 is 23.1 Å². The maximum absolute atomic E-state index is 0. The van der Waals surface area contributed by atoms with Crippen LogP contribution in [-0.4, -0.2) is 55.9 Å². The van der Waals surface area contributed by atoms with E-state index in [9.17, 15) is 0 Å². The summed E-state index contributed by atoms with van der Waals surface area (Å²) in [6.07, 6.45) is 0. The van der Waals surface area contributed by atoms with Crippen LogP contribution in [0.5, 0.6) is 0 Å². The van der Waals surface area contributed by atoms with E-state index in [0.717, 1.165) is 0 Å². The van der Waals surface area contributed by atoms with Crippen molar-refractivity contribution in [2.75, 3.05) is 0 Å². The second kappa shape index (κ2) is 728. The summed E-state index contributed by atoms with van der Waals surface area (Å²) in [5.74, 6) is 0. The first-order valence-corrected chi connectivity index (χ1v) is 0. The molecule has 0 saturated carbocycles. The molecular weight excluding hydrogens is 205 g/mol. The second-order valence-electron chi connectivity index (χ2n) is 0. The Labute approximate surface area is 87.0 Å². The molecule has 0 saturated heterocycles. The molecule has 0 aliphatic rings. The molecule has 15 N–H and O–H groups in total. The predicted octanol–water partition coefficient (Wildman–Crippen LogP) is -11.2. The zero-order chi connectivity index (χ0) is 0. The Kier molecular flexibility index (Phi) is 71800. The molecule has 0 rings (SSSR count). The van der Waals surface area contributed by atoms with Gasteiger partial charge in [-0.15, -0.1) is 0 Å². The van der Waals surface area contributed by atoms with Crippen LogP contribution < -0.4 is 31.0 Å². The number of halogens is 2. The Bertz CT molecular complexity index is 15.7. The summed E-state index contributed by atoms with van der Waals surface area (Å²) >= 11 is 0. The van der Waals surface area contributed by atoms with E-state index in [-0.39, 0.29) is 86.9 Å². The third-order valence-electron chi connectivity index (χ3n) is 0. The minimum Gasteiger partial charge on any atom is -1.00 e. The van der Waals surface area contributed by atoms with Crippen LogP contribution in [0.3, 0.4) is 0 Å². The van der Waals surface area contributed by atoms with Crippen LogP contribution in [0.25, 0.3) is 0 Å². The third kappa shape index (κ3) is 519. The van der Waals surface area contributed by atoms with Crippen molar-refractivity contribution in [1.82, 2.24) is 6.15 Å². The first-order valence-electron chi connectivity index (χ1n) is 0. The zero-order valence-electron chi connectivity index (χ0n) is 5.17. The van der Waals surface area contributed by atoms with Crippen LogP contribution in [-0.2, 0) is 0 Å². The van der Waals surface area contributed by atoms with Crippen LogP contribution >= 0.6 is 0 Å². The first kappa shape index (κ1) is 986. The molecule has 0 heterocycles. The van der Waals surface area contributed by atoms with Gasteiger partial charge in [-0.25, -0.2) is 0 Å². The van der Waals surface area contributed by atoms with Crippen LogP contribution in [0, 0.1) is 0 Å². The summed E-state index contributed by atoms with van der Waals surface area (Å²) in [5, 5.41) is 0. The Morgan fingerprint density at radius 3 is 0.400 bits per heavy atom. The molecule has 0 aromatic heterocycles. The number of hydrogen-bond donors (Lipinski definition) is 1. The molecule has 0 unspecified atom stereocenters. The summed E-state index contributed by atoms with van der Waals surface area (Å²) in [4.78, 5) is 0. The Hall–Kier alpha value is 1.07. The fourth-order valence-corrected chi connectivity index (χ4v) is 0. The van der Waals surface area contributed by atoms with Crippen molar-refractivity contribution < 1.29 is 57.7 Å². The molecule has 10 heteroatoms. The van der Waals surface area contributed by atoms with E-state index >= 15 is 0 Å². The number of rotatable bonds is 0. The summed E-state index contributed by atoms with van der Waals surface area (Å²) < 4.78 is 0. The van der Waals surface area contributed by atoms with Crippen LogP contribution in [0.2, 0.25) is 0 Å². The largest absolute Gasteiger partial charge is 2.00 e. The van der Waals surface area contributed by atoms with Crippen LogP contribution in [0.1, 0.15) is 0 Å². The van der Waals surface area contributed by atoms with Gasteiger partial charge in [0.15, 0.2) is 0 Å². The smallest absolute Gasteiger partial charge is 1.00 e. The standard InChI is InChI=1S/2ClH.Mg.H3N.6H2O/h2*1H;;1H3;6*1H2/q;;+2;;;;;;;/p-2. The van der Waals surface area contributed by atoms with Gasteiger partial charge in [-0.3, -0.25) is 0 Å². The maximum atomic E-state index is 0.